The summed E-state index contributed by atoms with van der Waals surface area (Å²) in [6.07, 6.45) is 1.45. The molecule has 2 heterocycles. The summed E-state index contributed by atoms with van der Waals surface area (Å²) in [4.78, 5) is 17.5. The molecule has 0 saturated heterocycles. The van der Waals surface area contributed by atoms with Gasteiger partial charge in [-0.25, -0.2) is 9.48 Å². The zero-order chi connectivity index (χ0) is 21.8. The zero-order valence-corrected chi connectivity index (χ0v) is 17.7. The van der Waals surface area contributed by atoms with E-state index in [9.17, 15) is 4.79 Å². The molecule has 1 N–H and O–H groups in total. The lowest BCUT2D eigenvalue weighted by molar-refractivity contribution is -0.140. The summed E-state index contributed by atoms with van der Waals surface area (Å²) in [7, 11) is 1.58. The molecule has 1 atom stereocenters. The summed E-state index contributed by atoms with van der Waals surface area (Å²) >= 11 is 0. The van der Waals surface area contributed by atoms with Gasteiger partial charge in [-0.05, 0) is 25.5 Å². The predicted octanol–water partition coefficient (Wildman–Crippen LogP) is 3.72. The number of para-hydroxylation sites is 1. The van der Waals surface area contributed by atoms with E-state index in [1.54, 1.807) is 11.8 Å². The van der Waals surface area contributed by atoms with Crippen LogP contribution in [0.4, 0.5) is 5.95 Å². The van der Waals surface area contributed by atoms with Gasteiger partial charge < -0.3 is 19.5 Å². The van der Waals surface area contributed by atoms with Crippen molar-refractivity contribution >= 4 is 11.9 Å². The Bertz CT molecular complexity index is 1110. The molecular formula is C23H24N4O4. The Morgan fingerprint density at radius 1 is 1.16 bits per heavy atom. The van der Waals surface area contributed by atoms with Crippen molar-refractivity contribution in [1.82, 2.24) is 14.8 Å². The minimum atomic E-state index is -0.585. The first-order valence-corrected chi connectivity index (χ1v) is 10.0. The first-order chi connectivity index (χ1) is 15.1. The molecule has 0 amide bonds. The smallest absolute Gasteiger partial charge is 0.338 e. The van der Waals surface area contributed by atoms with Crippen LogP contribution in [-0.2, 0) is 16.1 Å². The summed E-state index contributed by atoms with van der Waals surface area (Å²) in [5.74, 6) is 1.23. The van der Waals surface area contributed by atoms with E-state index in [1.807, 2.05) is 62.4 Å². The quantitative estimate of drug-likeness (QED) is 0.583. The van der Waals surface area contributed by atoms with Crippen LogP contribution in [-0.4, -0.2) is 34.5 Å². The number of rotatable bonds is 7. The molecule has 8 nitrogen and oxygen atoms in total. The van der Waals surface area contributed by atoms with Crippen LogP contribution in [0.2, 0.25) is 0 Å². The standard InChI is InChI=1S/C23H24N4O4/c1-4-30-21-17(11-8-12-18(21)29-3)20-19(15(2)26-23-24-14-25-27(20)23)22(28)31-13-16-9-6-5-7-10-16/h5-12,14,20H,4,13H2,1-3H3,(H,24,25,26)/t20-/m0/s1. The predicted molar refractivity (Wildman–Crippen MR) is 115 cm³/mol. The topological polar surface area (TPSA) is 87.5 Å². The van der Waals surface area contributed by atoms with Crippen molar-refractivity contribution < 1.29 is 19.0 Å². The first-order valence-electron chi connectivity index (χ1n) is 10.0. The second-order valence-corrected chi connectivity index (χ2v) is 6.97. The highest BCUT2D eigenvalue weighted by Gasteiger charge is 2.36. The van der Waals surface area contributed by atoms with E-state index in [2.05, 4.69) is 15.4 Å². The molecule has 0 bridgehead atoms. The molecule has 0 saturated carbocycles. The molecule has 4 rings (SSSR count). The maximum Gasteiger partial charge on any atom is 0.338 e. The number of carbonyl (C=O) groups is 1. The molecule has 8 heteroatoms. The fourth-order valence-corrected chi connectivity index (χ4v) is 3.65. The van der Waals surface area contributed by atoms with Crippen molar-refractivity contribution in [3.05, 3.63) is 77.3 Å². The Morgan fingerprint density at radius 3 is 2.71 bits per heavy atom. The Kier molecular flexibility index (Phi) is 5.88. The SMILES string of the molecule is CCOc1c(OC)cccc1[C@H]1C(C(=O)OCc2ccccc2)=C(C)Nc2ncnn21. The maximum atomic E-state index is 13.3. The minimum Gasteiger partial charge on any atom is -0.493 e. The number of allylic oxidation sites excluding steroid dienone is 1. The summed E-state index contributed by atoms with van der Waals surface area (Å²) in [6.45, 7) is 4.34. The number of carbonyl (C=O) groups excluding carboxylic acids is 1. The second-order valence-electron chi connectivity index (χ2n) is 6.97. The molecule has 1 aromatic heterocycles. The molecule has 0 spiro atoms. The molecule has 0 radical (unpaired) electrons. The van der Waals surface area contributed by atoms with Gasteiger partial charge in [0.05, 0.1) is 19.3 Å². The van der Waals surface area contributed by atoms with E-state index in [0.717, 1.165) is 11.1 Å². The molecule has 0 aliphatic carbocycles. The van der Waals surface area contributed by atoms with Crippen molar-refractivity contribution in [2.24, 2.45) is 0 Å². The Hall–Kier alpha value is -3.81. The third kappa shape index (κ3) is 3.96. The van der Waals surface area contributed by atoms with Crippen molar-refractivity contribution in [3.8, 4) is 11.5 Å². The Morgan fingerprint density at radius 2 is 1.97 bits per heavy atom. The van der Waals surface area contributed by atoms with Gasteiger partial charge in [0.15, 0.2) is 11.5 Å². The molecule has 1 aliphatic rings. The van der Waals surface area contributed by atoms with Crippen molar-refractivity contribution in [2.45, 2.75) is 26.5 Å². The number of hydrogen-bond acceptors (Lipinski definition) is 7. The Balaban J connectivity index is 1.76. The lowest BCUT2D eigenvalue weighted by Crippen LogP contribution is -2.30. The number of fused-ring (bicyclic) bond motifs is 1. The van der Waals surface area contributed by atoms with Crippen molar-refractivity contribution in [1.29, 1.82) is 0 Å². The van der Waals surface area contributed by atoms with Gasteiger partial charge in [-0.2, -0.15) is 10.1 Å². The number of esters is 1. The molecule has 0 fully saturated rings. The lowest BCUT2D eigenvalue weighted by Gasteiger charge is -2.29. The van der Waals surface area contributed by atoms with Crippen LogP contribution in [0, 0.1) is 0 Å². The molecule has 2 aromatic carbocycles. The Labute approximate surface area is 180 Å². The van der Waals surface area contributed by atoms with Crippen LogP contribution in [0.3, 0.4) is 0 Å². The molecule has 1 aliphatic heterocycles. The largest absolute Gasteiger partial charge is 0.493 e. The van der Waals surface area contributed by atoms with Crippen LogP contribution in [0.15, 0.2) is 66.1 Å². The highest BCUT2D eigenvalue weighted by Crippen LogP contribution is 2.42. The van der Waals surface area contributed by atoms with Gasteiger partial charge in [-0.15, -0.1) is 0 Å². The van der Waals surface area contributed by atoms with Gasteiger partial charge >= 0.3 is 5.97 Å². The second kappa shape index (κ2) is 8.91. The number of hydrogen-bond donors (Lipinski definition) is 1. The van der Waals surface area contributed by atoms with Crippen molar-refractivity contribution in [2.75, 3.05) is 19.0 Å². The van der Waals surface area contributed by atoms with Gasteiger partial charge in [0.25, 0.3) is 0 Å². The lowest BCUT2D eigenvalue weighted by atomic mass is 9.94. The fraction of sp³-hybridized carbons (Fsp3) is 0.261. The van der Waals surface area contributed by atoms with Crippen LogP contribution in [0.1, 0.15) is 31.0 Å². The average molecular weight is 420 g/mol. The van der Waals surface area contributed by atoms with Crippen LogP contribution >= 0.6 is 0 Å². The summed E-state index contributed by atoms with van der Waals surface area (Å²) in [5, 5.41) is 7.51. The van der Waals surface area contributed by atoms with Crippen LogP contribution < -0.4 is 14.8 Å². The minimum absolute atomic E-state index is 0.170. The molecule has 160 valence electrons. The number of nitrogens with one attached hydrogen (secondary N) is 1. The number of nitrogens with zero attached hydrogens (tertiary/aromatic N) is 3. The van der Waals surface area contributed by atoms with Crippen LogP contribution in [0.25, 0.3) is 0 Å². The number of aromatic nitrogens is 3. The van der Waals surface area contributed by atoms with E-state index < -0.39 is 12.0 Å². The van der Waals surface area contributed by atoms with E-state index in [-0.39, 0.29) is 6.61 Å². The number of ether oxygens (including phenoxy) is 3. The van der Waals surface area contributed by atoms with E-state index in [4.69, 9.17) is 14.2 Å². The average Bonchev–Trinajstić information content (AvgIpc) is 3.25. The van der Waals surface area contributed by atoms with Gasteiger partial charge in [-0.3, -0.25) is 0 Å². The van der Waals surface area contributed by atoms with Gasteiger partial charge in [0.2, 0.25) is 5.95 Å². The first kappa shape index (κ1) is 20.5. The monoisotopic (exact) mass is 420 g/mol. The summed E-state index contributed by atoms with van der Waals surface area (Å²) in [5.41, 5.74) is 2.73. The van der Waals surface area contributed by atoms with Gasteiger partial charge in [0.1, 0.15) is 19.0 Å². The third-order valence-corrected chi connectivity index (χ3v) is 5.04. The number of anilines is 1. The van der Waals surface area contributed by atoms with Gasteiger partial charge in [0, 0.05) is 11.3 Å². The molecular weight excluding hydrogens is 396 g/mol. The van der Waals surface area contributed by atoms with Gasteiger partial charge in [-0.1, -0.05) is 42.5 Å². The number of benzene rings is 2. The zero-order valence-electron chi connectivity index (χ0n) is 17.7. The number of methoxy groups -OCH3 is 1. The third-order valence-electron chi connectivity index (χ3n) is 5.04. The normalized spacial score (nSPS) is 15.1. The van der Waals surface area contributed by atoms with E-state index >= 15 is 0 Å². The molecule has 3 aromatic rings. The highest BCUT2D eigenvalue weighted by atomic mass is 16.5. The highest BCUT2D eigenvalue weighted by molar-refractivity contribution is 5.92. The molecule has 0 unspecified atom stereocenters. The van der Waals surface area contributed by atoms with E-state index in [0.29, 0.717) is 35.3 Å². The fourth-order valence-electron chi connectivity index (χ4n) is 3.65. The van der Waals surface area contributed by atoms with E-state index in [1.165, 1.54) is 6.33 Å². The van der Waals surface area contributed by atoms with Crippen LogP contribution in [0.5, 0.6) is 11.5 Å². The van der Waals surface area contributed by atoms with Crippen molar-refractivity contribution in [3.63, 3.8) is 0 Å². The maximum absolute atomic E-state index is 13.3. The molecule has 31 heavy (non-hydrogen) atoms. The summed E-state index contributed by atoms with van der Waals surface area (Å²) in [6, 6.07) is 14.6. The summed E-state index contributed by atoms with van der Waals surface area (Å²) < 4.78 is 18.7.